The molecule has 0 aromatic heterocycles. The van der Waals surface area contributed by atoms with Gasteiger partial charge in [0.15, 0.2) is 18.1 Å². The maximum Gasteiger partial charge on any atom is 0.266 e. The number of benzene rings is 3. The molecule has 3 aromatic rings. The lowest BCUT2D eigenvalue weighted by Crippen LogP contribution is -2.30. The van der Waals surface area contributed by atoms with Crippen LogP contribution in [0, 0.1) is 0 Å². The molecule has 0 spiro atoms. The number of amides is 2. The second-order valence-electron chi connectivity index (χ2n) is 8.04. The highest BCUT2D eigenvalue weighted by Gasteiger charge is 2.31. The Morgan fingerprint density at radius 1 is 1.00 bits per heavy atom. The molecule has 0 saturated carbocycles. The Labute approximate surface area is 225 Å². The lowest BCUT2D eigenvalue weighted by Gasteiger charge is -2.14. The maximum absolute atomic E-state index is 13.0. The van der Waals surface area contributed by atoms with Crippen molar-refractivity contribution >= 4 is 51.9 Å². The third-order valence-electron chi connectivity index (χ3n) is 5.56. The molecule has 1 heterocycles. The smallest absolute Gasteiger partial charge is 0.266 e. The Hall–Kier alpha value is -3.82. The lowest BCUT2D eigenvalue weighted by molar-refractivity contribution is -0.122. The average molecular weight is 535 g/mol. The molecule has 4 rings (SSSR count). The van der Waals surface area contributed by atoms with Crippen LogP contribution in [0.2, 0.25) is 0 Å². The lowest BCUT2D eigenvalue weighted by atomic mass is 10.1. The van der Waals surface area contributed by atoms with Crippen molar-refractivity contribution in [3.63, 3.8) is 0 Å². The fraction of sp³-hybridized carbons (Fsp3) is 0.179. The Morgan fingerprint density at radius 3 is 2.46 bits per heavy atom. The first-order valence-corrected chi connectivity index (χ1v) is 12.7. The summed E-state index contributed by atoms with van der Waals surface area (Å²) in [6.07, 6.45) is 2.51. The van der Waals surface area contributed by atoms with E-state index in [-0.39, 0.29) is 18.4 Å². The maximum atomic E-state index is 13.0. The van der Waals surface area contributed by atoms with Gasteiger partial charge in [0.05, 0.1) is 19.1 Å². The topological polar surface area (TPSA) is 77.1 Å². The van der Waals surface area contributed by atoms with Crippen LogP contribution in [-0.2, 0) is 16.0 Å². The molecule has 1 N–H and O–H groups in total. The fourth-order valence-electron chi connectivity index (χ4n) is 3.64. The van der Waals surface area contributed by atoms with E-state index in [2.05, 4.69) is 5.32 Å². The molecular weight excluding hydrogens is 508 g/mol. The summed E-state index contributed by atoms with van der Waals surface area (Å²) in [7, 11) is 3.10. The van der Waals surface area contributed by atoms with E-state index < -0.39 is 0 Å². The molecule has 190 valence electrons. The van der Waals surface area contributed by atoms with E-state index in [1.807, 2.05) is 30.3 Å². The van der Waals surface area contributed by atoms with Gasteiger partial charge in [-0.2, -0.15) is 0 Å². The van der Waals surface area contributed by atoms with Gasteiger partial charge in [0.1, 0.15) is 10.1 Å². The second-order valence-corrected chi connectivity index (χ2v) is 9.72. The van der Waals surface area contributed by atoms with Crippen molar-refractivity contribution in [2.75, 3.05) is 32.7 Å². The highest BCUT2D eigenvalue weighted by atomic mass is 32.2. The van der Waals surface area contributed by atoms with Crippen LogP contribution in [0.4, 0.5) is 5.69 Å². The Balaban J connectivity index is 1.37. The van der Waals surface area contributed by atoms with Gasteiger partial charge >= 0.3 is 0 Å². The van der Waals surface area contributed by atoms with E-state index in [9.17, 15) is 9.59 Å². The summed E-state index contributed by atoms with van der Waals surface area (Å²) in [6.45, 7) is 0.336. The number of ether oxygens (including phenoxy) is 3. The number of nitrogens with one attached hydrogen (secondary N) is 1. The number of hydrogen-bond acceptors (Lipinski definition) is 7. The summed E-state index contributed by atoms with van der Waals surface area (Å²) in [4.78, 5) is 27.5. The number of anilines is 1. The van der Waals surface area contributed by atoms with Crippen LogP contribution in [0.1, 0.15) is 11.1 Å². The zero-order valence-electron chi connectivity index (χ0n) is 20.4. The minimum absolute atomic E-state index is 0.111. The van der Waals surface area contributed by atoms with Crippen molar-refractivity contribution in [2.45, 2.75) is 6.42 Å². The van der Waals surface area contributed by atoms with Crippen LogP contribution in [0.25, 0.3) is 6.08 Å². The molecule has 9 heteroatoms. The standard InChI is InChI=1S/C28H26N2O5S2/c1-33-22-11-9-21(10-12-22)29-26(31)18-35-23-13-8-20(16-24(23)34-2)17-25-27(32)30(28(36)37-25)15-14-19-6-4-3-5-7-19/h3-13,16-17H,14-15,18H2,1-2H3,(H,29,31)/b25-17-. The van der Waals surface area contributed by atoms with E-state index >= 15 is 0 Å². The number of thiocarbonyl (C=S) groups is 1. The van der Waals surface area contributed by atoms with Crippen molar-refractivity contribution < 1.29 is 23.8 Å². The van der Waals surface area contributed by atoms with Gasteiger partial charge in [0.25, 0.3) is 11.8 Å². The van der Waals surface area contributed by atoms with Crippen molar-refractivity contribution in [1.82, 2.24) is 4.90 Å². The third kappa shape index (κ3) is 6.90. The number of thioether (sulfide) groups is 1. The zero-order chi connectivity index (χ0) is 26.2. The third-order valence-corrected chi connectivity index (χ3v) is 6.94. The van der Waals surface area contributed by atoms with Crippen LogP contribution in [0.3, 0.4) is 0 Å². The molecule has 1 fully saturated rings. The summed E-state index contributed by atoms with van der Waals surface area (Å²) in [6, 6.07) is 22.3. The molecule has 0 unspecified atom stereocenters. The van der Waals surface area contributed by atoms with Crippen LogP contribution < -0.4 is 19.5 Å². The molecule has 1 saturated heterocycles. The monoisotopic (exact) mass is 534 g/mol. The Morgan fingerprint density at radius 2 is 1.76 bits per heavy atom. The Bertz CT molecular complexity index is 1310. The number of carbonyl (C=O) groups is 2. The quantitative estimate of drug-likeness (QED) is 0.284. The molecule has 0 aliphatic carbocycles. The number of methoxy groups -OCH3 is 2. The van der Waals surface area contributed by atoms with E-state index in [0.717, 1.165) is 17.5 Å². The SMILES string of the molecule is COc1ccc(NC(=O)COc2ccc(/C=C3\SC(=S)N(CCc4ccccc4)C3=O)cc2OC)cc1. The van der Waals surface area contributed by atoms with Crippen molar-refractivity contribution in [3.8, 4) is 17.2 Å². The molecule has 0 atom stereocenters. The summed E-state index contributed by atoms with van der Waals surface area (Å²) in [5.41, 5.74) is 2.55. The Kier molecular flexibility index (Phi) is 8.81. The fourth-order valence-corrected chi connectivity index (χ4v) is 4.95. The van der Waals surface area contributed by atoms with Crippen LogP contribution in [-0.4, -0.2) is 48.4 Å². The molecule has 37 heavy (non-hydrogen) atoms. The zero-order valence-corrected chi connectivity index (χ0v) is 22.1. The molecule has 0 radical (unpaired) electrons. The molecule has 7 nitrogen and oxygen atoms in total. The molecule has 0 bridgehead atoms. The predicted octanol–water partition coefficient (Wildman–Crippen LogP) is 5.17. The van der Waals surface area contributed by atoms with Gasteiger partial charge in [0, 0.05) is 12.2 Å². The van der Waals surface area contributed by atoms with Crippen molar-refractivity contribution in [2.24, 2.45) is 0 Å². The first-order chi connectivity index (χ1) is 18.0. The first kappa shape index (κ1) is 26.2. The number of nitrogens with zero attached hydrogens (tertiary/aromatic N) is 1. The summed E-state index contributed by atoms with van der Waals surface area (Å²) >= 11 is 6.74. The number of carbonyl (C=O) groups excluding carboxylic acids is 2. The van der Waals surface area contributed by atoms with E-state index in [4.69, 9.17) is 26.4 Å². The predicted molar refractivity (Wildman–Crippen MR) is 150 cm³/mol. The van der Waals surface area contributed by atoms with Gasteiger partial charge < -0.3 is 19.5 Å². The molecule has 2 amide bonds. The van der Waals surface area contributed by atoms with Crippen LogP contribution in [0.15, 0.2) is 77.7 Å². The minimum atomic E-state index is -0.310. The van der Waals surface area contributed by atoms with Gasteiger partial charge in [0.2, 0.25) is 0 Å². The molecule has 3 aromatic carbocycles. The van der Waals surface area contributed by atoms with Gasteiger partial charge in [-0.25, -0.2) is 0 Å². The van der Waals surface area contributed by atoms with E-state index in [1.54, 1.807) is 60.6 Å². The number of hydrogen-bond donors (Lipinski definition) is 1. The van der Waals surface area contributed by atoms with E-state index in [0.29, 0.717) is 38.7 Å². The number of rotatable bonds is 10. The highest BCUT2D eigenvalue weighted by Crippen LogP contribution is 2.35. The normalized spacial score (nSPS) is 14.1. The largest absolute Gasteiger partial charge is 0.497 e. The van der Waals surface area contributed by atoms with Crippen LogP contribution >= 0.6 is 24.0 Å². The summed E-state index contributed by atoms with van der Waals surface area (Å²) in [5.74, 6) is 1.15. The van der Waals surface area contributed by atoms with Gasteiger partial charge in [-0.3, -0.25) is 14.5 Å². The van der Waals surface area contributed by atoms with Crippen LogP contribution in [0.5, 0.6) is 17.2 Å². The van der Waals surface area contributed by atoms with Crippen molar-refractivity contribution in [1.29, 1.82) is 0 Å². The second kappa shape index (κ2) is 12.4. The minimum Gasteiger partial charge on any atom is -0.497 e. The van der Waals surface area contributed by atoms with Gasteiger partial charge in [-0.05, 0) is 60.0 Å². The summed E-state index contributed by atoms with van der Waals surface area (Å²) in [5, 5.41) is 2.77. The van der Waals surface area contributed by atoms with Gasteiger partial charge in [-0.1, -0.05) is 60.4 Å². The molecule has 1 aliphatic heterocycles. The highest BCUT2D eigenvalue weighted by molar-refractivity contribution is 8.26. The first-order valence-electron chi connectivity index (χ1n) is 11.5. The van der Waals surface area contributed by atoms with Gasteiger partial charge in [-0.15, -0.1) is 0 Å². The van der Waals surface area contributed by atoms with E-state index in [1.165, 1.54) is 18.9 Å². The summed E-state index contributed by atoms with van der Waals surface area (Å²) < 4.78 is 16.8. The molecule has 1 aliphatic rings. The average Bonchev–Trinajstić information content (AvgIpc) is 3.19. The van der Waals surface area contributed by atoms with Crippen molar-refractivity contribution in [3.05, 3.63) is 88.8 Å². The molecular formula is C28H26N2O5S2.